The first-order valence-corrected chi connectivity index (χ1v) is 8.96. The normalized spacial score (nSPS) is 18.8. The van der Waals surface area contributed by atoms with Gasteiger partial charge in [0.2, 0.25) is 6.79 Å². The van der Waals surface area contributed by atoms with Gasteiger partial charge in [-0.3, -0.25) is 0 Å². The lowest BCUT2D eigenvalue weighted by Gasteiger charge is -2.36. The van der Waals surface area contributed by atoms with Crippen LogP contribution in [0.4, 0.5) is 10.5 Å². The van der Waals surface area contributed by atoms with Gasteiger partial charge in [0.15, 0.2) is 11.5 Å². The van der Waals surface area contributed by atoms with E-state index in [0.29, 0.717) is 12.0 Å². The number of fused-ring (bicyclic) bond motifs is 1. The molecule has 0 aromatic heterocycles. The number of anilines is 1. The van der Waals surface area contributed by atoms with Gasteiger partial charge in [-0.25, -0.2) is 4.79 Å². The van der Waals surface area contributed by atoms with Crippen LogP contribution >= 0.6 is 0 Å². The molecule has 2 aliphatic heterocycles. The molecule has 0 saturated carbocycles. The van der Waals surface area contributed by atoms with Crippen LogP contribution in [0.1, 0.15) is 40.5 Å². The van der Waals surface area contributed by atoms with Crippen molar-refractivity contribution in [1.29, 1.82) is 0 Å². The summed E-state index contributed by atoms with van der Waals surface area (Å²) in [6.45, 7) is 9.66. The molecule has 1 amide bonds. The Hall–Kier alpha value is -2.11. The number of nitrogens with zero attached hydrogens (tertiary/aromatic N) is 1. The van der Waals surface area contributed by atoms with E-state index in [-0.39, 0.29) is 12.9 Å². The van der Waals surface area contributed by atoms with Gasteiger partial charge in [-0.1, -0.05) is 0 Å². The van der Waals surface area contributed by atoms with Crippen molar-refractivity contribution in [3.63, 3.8) is 0 Å². The highest BCUT2D eigenvalue weighted by atomic mass is 16.7. The minimum atomic E-state index is -0.442. The molecule has 6 heteroatoms. The van der Waals surface area contributed by atoms with Crippen LogP contribution in [0.3, 0.4) is 0 Å². The summed E-state index contributed by atoms with van der Waals surface area (Å²) in [4.78, 5) is 14.0. The van der Waals surface area contributed by atoms with Crippen molar-refractivity contribution < 1.29 is 19.0 Å². The van der Waals surface area contributed by atoms with Gasteiger partial charge in [0.1, 0.15) is 5.60 Å². The average molecular weight is 348 g/mol. The third kappa shape index (κ3) is 4.50. The van der Waals surface area contributed by atoms with Crippen molar-refractivity contribution in [1.82, 2.24) is 4.90 Å². The highest BCUT2D eigenvalue weighted by Crippen LogP contribution is 2.35. The number of benzene rings is 1. The van der Waals surface area contributed by atoms with Gasteiger partial charge in [-0.05, 0) is 58.6 Å². The first-order valence-electron chi connectivity index (χ1n) is 8.96. The highest BCUT2D eigenvalue weighted by molar-refractivity contribution is 5.68. The number of piperidine rings is 1. The maximum atomic E-state index is 12.2. The number of hydrogen-bond donors (Lipinski definition) is 1. The monoisotopic (exact) mass is 348 g/mol. The van der Waals surface area contributed by atoms with E-state index in [1.807, 2.05) is 43.9 Å². The van der Waals surface area contributed by atoms with Gasteiger partial charge in [-0.15, -0.1) is 0 Å². The molecule has 1 unspecified atom stereocenters. The van der Waals surface area contributed by atoms with E-state index in [2.05, 4.69) is 12.2 Å². The fraction of sp³-hybridized carbons (Fsp3) is 0.632. The van der Waals surface area contributed by atoms with Crippen molar-refractivity contribution in [2.45, 2.75) is 52.2 Å². The minimum absolute atomic E-state index is 0.206. The fourth-order valence-corrected chi connectivity index (χ4v) is 3.28. The molecule has 0 bridgehead atoms. The lowest BCUT2D eigenvalue weighted by molar-refractivity contribution is 0.0179. The van der Waals surface area contributed by atoms with Crippen molar-refractivity contribution in [3.8, 4) is 11.5 Å². The Kier molecular flexibility index (Phi) is 4.97. The molecule has 3 rings (SSSR count). The van der Waals surface area contributed by atoms with Gasteiger partial charge < -0.3 is 24.4 Å². The van der Waals surface area contributed by atoms with Crippen LogP contribution in [0.5, 0.6) is 11.5 Å². The Labute approximate surface area is 149 Å². The summed E-state index contributed by atoms with van der Waals surface area (Å²) in [6, 6.07) is 6.25. The summed E-state index contributed by atoms with van der Waals surface area (Å²) in [6.07, 6.45) is 1.73. The number of ether oxygens (including phenoxy) is 3. The van der Waals surface area contributed by atoms with E-state index in [9.17, 15) is 4.79 Å². The Balaban J connectivity index is 1.50. The van der Waals surface area contributed by atoms with Crippen molar-refractivity contribution in [3.05, 3.63) is 18.2 Å². The second-order valence-corrected chi connectivity index (χ2v) is 7.81. The van der Waals surface area contributed by atoms with Crippen molar-refractivity contribution in [2.75, 3.05) is 25.2 Å². The van der Waals surface area contributed by atoms with Crippen molar-refractivity contribution in [2.24, 2.45) is 5.92 Å². The zero-order valence-electron chi connectivity index (χ0n) is 15.5. The molecule has 2 aliphatic rings. The summed E-state index contributed by atoms with van der Waals surface area (Å²) in [7, 11) is 0. The highest BCUT2D eigenvalue weighted by Gasteiger charge is 2.29. The predicted octanol–water partition coefficient (Wildman–Crippen LogP) is 3.86. The lowest BCUT2D eigenvalue weighted by Crippen LogP contribution is -2.44. The van der Waals surface area contributed by atoms with Gasteiger partial charge in [0.05, 0.1) is 0 Å². The molecule has 6 nitrogen and oxygen atoms in total. The van der Waals surface area contributed by atoms with Crippen LogP contribution in [0.15, 0.2) is 18.2 Å². The standard InChI is InChI=1S/C19H28N2O4/c1-13(20-15-5-6-16-17(11-15)24-12-23-16)14-7-9-21(10-8-14)18(22)25-19(2,3)4/h5-6,11,13-14,20H,7-10,12H2,1-4H3. The summed E-state index contributed by atoms with van der Waals surface area (Å²) < 4.78 is 16.2. The zero-order chi connectivity index (χ0) is 18.0. The molecule has 1 N–H and O–H groups in total. The lowest BCUT2D eigenvalue weighted by atomic mass is 9.90. The largest absolute Gasteiger partial charge is 0.454 e. The first kappa shape index (κ1) is 17.7. The van der Waals surface area contributed by atoms with E-state index >= 15 is 0 Å². The molecule has 0 aliphatic carbocycles. The van der Waals surface area contributed by atoms with E-state index in [1.54, 1.807) is 0 Å². The Bertz CT molecular complexity index is 618. The van der Waals surface area contributed by atoms with Crippen LogP contribution in [0.25, 0.3) is 0 Å². The van der Waals surface area contributed by atoms with Crippen LogP contribution in [-0.2, 0) is 4.74 Å². The molecular weight excluding hydrogens is 320 g/mol. The van der Waals surface area contributed by atoms with Crippen LogP contribution in [0.2, 0.25) is 0 Å². The summed E-state index contributed by atoms with van der Waals surface area (Å²) in [5, 5.41) is 3.55. The van der Waals surface area contributed by atoms with E-state index in [1.165, 1.54) is 0 Å². The Morgan fingerprint density at radius 1 is 1.24 bits per heavy atom. The summed E-state index contributed by atoms with van der Waals surface area (Å²) in [5.74, 6) is 2.10. The van der Waals surface area contributed by atoms with Gasteiger partial charge >= 0.3 is 6.09 Å². The van der Waals surface area contributed by atoms with Gasteiger partial charge in [-0.2, -0.15) is 0 Å². The molecule has 138 valence electrons. The summed E-state index contributed by atoms with van der Waals surface area (Å²) in [5.41, 5.74) is 0.591. The number of carbonyl (C=O) groups excluding carboxylic acids is 1. The van der Waals surface area contributed by atoms with Crippen LogP contribution in [0, 0.1) is 5.92 Å². The SMILES string of the molecule is CC(Nc1ccc2c(c1)OCO2)C1CCN(C(=O)OC(C)(C)C)CC1. The number of hydrogen-bond acceptors (Lipinski definition) is 5. The van der Waals surface area contributed by atoms with Crippen LogP contribution in [-0.4, -0.2) is 42.5 Å². The number of carbonyl (C=O) groups is 1. The number of amides is 1. The molecule has 0 radical (unpaired) electrons. The molecule has 1 aromatic carbocycles. The van der Waals surface area contributed by atoms with Crippen molar-refractivity contribution >= 4 is 11.8 Å². The Morgan fingerprint density at radius 2 is 1.92 bits per heavy atom. The average Bonchev–Trinajstić information content (AvgIpc) is 3.01. The smallest absolute Gasteiger partial charge is 0.410 e. The zero-order valence-corrected chi connectivity index (χ0v) is 15.5. The van der Waals surface area contributed by atoms with Gasteiger partial charge in [0.25, 0.3) is 0 Å². The molecule has 1 saturated heterocycles. The van der Waals surface area contributed by atoms with E-state index in [4.69, 9.17) is 14.2 Å². The molecular formula is C19H28N2O4. The quantitative estimate of drug-likeness (QED) is 0.899. The maximum Gasteiger partial charge on any atom is 0.410 e. The second-order valence-electron chi connectivity index (χ2n) is 7.81. The molecule has 0 spiro atoms. The van der Waals surface area contributed by atoms with Gasteiger partial charge in [0, 0.05) is 30.9 Å². The predicted molar refractivity (Wildman–Crippen MR) is 96.2 cm³/mol. The number of rotatable bonds is 3. The molecule has 1 fully saturated rings. The molecule has 1 atom stereocenters. The second kappa shape index (κ2) is 7.02. The number of likely N-dealkylation sites (tertiary alicyclic amines) is 1. The summed E-state index contributed by atoms with van der Waals surface area (Å²) >= 11 is 0. The Morgan fingerprint density at radius 3 is 2.60 bits per heavy atom. The third-order valence-electron chi connectivity index (χ3n) is 4.67. The molecule has 25 heavy (non-hydrogen) atoms. The third-order valence-corrected chi connectivity index (χ3v) is 4.67. The topological polar surface area (TPSA) is 60.0 Å². The maximum absolute atomic E-state index is 12.2. The minimum Gasteiger partial charge on any atom is -0.454 e. The van der Waals surface area contributed by atoms with Crippen LogP contribution < -0.4 is 14.8 Å². The molecule has 1 aromatic rings. The van der Waals surface area contributed by atoms with E-state index in [0.717, 1.165) is 43.1 Å². The molecule has 2 heterocycles. The van der Waals surface area contributed by atoms with E-state index < -0.39 is 5.60 Å². The fourth-order valence-electron chi connectivity index (χ4n) is 3.28. The first-order chi connectivity index (χ1) is 11.8. The number of nitrogens with one attached hydrogen (secondary N) is 1.